The second-order valence-corrected chi connectivity index (χ2v) is 5.79. The molecule has 128 valence electrons. The Hall–Kier alpha value is -3.03. The number of ether oxygens (including phenoxy) is 2. The van der Waals surface area contributed by atoms with Crippen molar-refractivity contribution < 1.29 is 24.6 Å². The van der Waals surface area contributed by atoms with Gasteiger partial charge < -0.3 is 19.9 Å². The fourth-order valence-corrected chi connectivity index (χ4v) is 3.01. The van der Waals surface area contributed by atoms with Crippen LogP contribution in [0.3, 0.4) is 0 Å². The number of para-hydroxylation sites is 1. The normalized spacial score (nSPS) is 21.5. The van der Waals surface area contributed by atoms with Crippen molar-refractivity contribution in [3.63, 3.8) is 0 Å². The molecule has 2 heterocycles. The summed E-state index contributed by atoms with van der Waals surface area (Å²) in [6.45, 7) is 0.909. The van der Waals surface area contributed by atoms with E-state index in [1.165, 1.54) is 6.08 Å². The summed E-state index contributed by atoms with van der Waals surface area (Å²) in [5.41, 5.74) is 1.83. The van der Waals surface area contributed by atoms with E-state index in [-0.39, 0.29) is 5.70 Å². The first-order valence-electron chi connectivity index (χ1n) is 7.78. The molecule has 1 atom stereocenters. The largest absolute Gasteiger partial charge is 0.486 e. The second kappa shape index (κ2) is 5.80. The summed E-state index contributed by atoms with van der Waals surface area (Å²) >= 11 is 0. The van der Waals surface area contributed by atoms with Crippen molar-refractivity contribution in [1.82, 2.24) is 5.48 Å². The highest BCUT2D eigenvalue weighted by molar-refractivity contribution is 6.07. The number of nitrogens with one attached hydrogen (secondary N) is 2. The number of carbonyl (C=O) groups is 1. The quantitative estimate of drug-likeness (QED) is 0.634. The Morgan fingerprint density at radius 3 is 2.72 bits per heavy atom. The molecule has 4 N–H and O–H groups in total. The molecule has 2 aliphatic heterocycles. The maximum atomic E-state index is 12.3. The first-order valence-corrected chi connectivity index (χ1v) is 7.78. The van der Waals surface area contributed by atoms with Gasteiger partial charge in [0.15, 0.2) is 17.1 Å². The molecule has 4 rings (SSSR count). The standard InChI is InChI=1S/C18H16N2O5/c21-17-18(22,12-3-1-2-4-13(12)19-17)10-14(20-23)11-5-6-15-16(9-11)25-8-7-24-15/h1-6,9-10,20,22-23H,7-8H2,(H,19,21)/t18-/m1/s1. The number of benzene rings is 2. The molecule has 0 saturated carbocycles. The monoisotopic (exact) mass is 340 g/mol. The zero-order chi connectivity index (χ0) is 17.4. The average Bonchev–Trinajstić information content (AvgIpc) is 2.90. The number of hydrogen-bond acceptors (Lipinski definition) is 6. The van der Waals surface area contributed by atoms with Gasteiger partial charge >= 0.3 is 0 Å². The topological polar surface area (TPSA) is 100 Å². The Morgan fingerprint density at radius 1 is 1.16 bits per heavy atom. The molecule has 7 heteroatoms. The van der Waals surface area contributed by atoms with Crippen LogP contribution in [-0.4, -0.2) is 29.4 Å². The number of hydroxylamine groups is 1. The van der Waals surface area contributed by atoms with Gasteiger partial charge in [-0.05, 0) is 30.3 Å². The molecule has 2 aliphatic rings. The lowest BCUT2D eigenvalue weighted by Crippen LogP contribution is -2.33. The molecule has 0 unspecified atom stereocenters. The van der Waals surface area contributed by atoms with Gasteiger partial charge in [0.1, 0.15) is 13.2 Å². The summed E-state index contributed by atoms with van der Waals surface area (Å²) in [5.74, 6) is 0.558. The van der Waals surface area contributed by atoms with Crippen LogP contribution in [0.2, 0.25) is 0 Å². The van der Waals surface area contributed by atoms with E-state index >= 15 is 0 Å². The van der Waals surface area contributed by atoms with Gasteiger partial charge in [-0.1, -0.05) is 18.2 Å². The van der Waals surface area contributed by atoms with Crippen LogP contribution in [0, 0.1) is 0 Å². The molecular weight excluding hydrogens is 324 g/mol. The SMILES string of the molecule is O=C1Nc2ccccc2[C@]1(O)C=C(NO)c1ccc2c(c1)OCCO2. The van der Waals surface area contributed by atoms with E-state index in [0.717, 1.165) is 0 Å². The highest BCUT2D eigenvalue weighted by atomic mass is 16.6. The molecule has 0 saturated heterocycles. The lowest BCUT2D eigenvalue weighted by atomic mass is 9.93. The van der Waals surface area contributed by atoms with Gasteiger partial charge in [0.05, 0.1) is 5.70 Å². The number of rotatable bonds is 3. The van der Waals surface area contributed by atoms with Crippen LogP contribution in [0.25, 0.3) is 5.70 Å². The van der Waals surface area contributed by atoms with Crippen molar-refractivity contribution in [3.05, 3.63) is 59.7 Å². The zero-order valence-corrected chi connectivity index (χ0v) is 13.2. The smallest absolute Gasteiger partial charge is 0.265 e. The number of hydrogen-bond donors (Lipinski definition) is 4. The third kappa shape index (κ3) is 2.50. The van der Waals surface area contributed by atoms with Gasteiger partial charge in [0.25, 0.3) is 5.91 Å². The number of anilines is 1. The Labute approximate surface area is 143 Å². The first-order chi connectivity index (χ1) is 12.1. The molecule has 1 amide bonds. The molecule has 0 bridgehead atoms. The maximum Gasteiger partial charge on any atom is 0.265 e. The van der Waals surface area contributed by atoms with Gasteiger partial charge in [-0.25, -0.2) is 0 Å². The Bertz CT molecular complexity index is 880. The fourth-order valence-electron chi connectivity index (χ4n) is 3.01. The van der Waals surface area contributed by atoms with Crippen LogP contribution in [-0.2, 0) is 10.4 Å². The van der Waals surface area contributed by atoms with Crippen LogP contribution < -0.4 is 20.3 Å². The summed E-state index contributed by atoms with van der Waals surface area (Å²) < 4.78 is 11.0. The molecule has 2 aromatic rings. The highest BCUT2D eigenvalue weighted by Gasteiger charge is 2.43. The molecule has 25 heavy (non-hydrogen) atoms. The van der Waals surface area contributed by atoms with Gasteiger partial charge in [0.2, 0.25) is 0 Å². The van der Waals surface area contributed by atoms with Crippen LogP contribution >= 0.6 is 0 Å². The van der Waals surface area contributed by atoms with Crippen LogP contribution in [0.4, 0.5) is 5.69 Å². The minimum absolute atomic E-state index is 0.173. The number of aliphatic hydroxyl groups is 1. The molecule has 0 fully saturated rings. The minimum Gasteiger partial charge on any atom is -0.486 e. The van der Waals surface area contributed by atoms with Gasteiger partial charge in [-0.2, -0.15) is 0 Å². The summed E-state index contributed by atoms with van der Waals surface area (Å²) in [6, 6.07) is 11.9. The van der Waals surface area contributed by atoms with Crippen molar-refractivity contribution in [3.8, 4) is 11.5 Å². The third-order valence-electron chi connectivity index (χ3n) is 4.26. The Kier molecular flexibility index (Phi) is 3.60. The van der Waals surface area contributed by atoms with E-state index < -0.39 is 11.5 Å². The van der Waals surface area contributed by atoms with Crippen molar-refractivity contribution in [2.45, 2.75) is 5.60 Å². The molecule has 0 aliphatic carbocycles. The Balaban J connectivity index is 1.77. The number of fused-ring (bicyclic) bond motifs is 2. The summed E-state index contributed by atoms with van der Waals surface area (Å²) in [4.78, 5) is 12.3. The predicted octanol–water partition coefficient (Wildman–Crippen LogP) is 1.62. The first kappa shape index (κ1) is 15.5. The van der Waals surface area contributed by atoms with Crippen molar-refractivity contribution in [2.75, 3.05) is 18.5 Å². The molecular formula is C18H16N2O5. The zero-order valence-electron chi connectivity index (χ0n) is 13.2. The van der Waals surface area contributed by atoms with Crippen molar-refractivity contribution >= 4 is 17.3 Å². The summed E-state index contributed by atoms with van der Waals surface area (Å²) in [5, 5.41) is 23.1. The van der Waals surface area contributed by atoms with Gasteiger partial charge in [-0.15, -0.1) is 0 Å². The van der Waals surface area contributed by atoms with Crippen molar-refractivity contribution in [1.29, 1.82) is 0 Å². The van der Waals surface area contributed by atoms with E-state index in [9.17, 15) is 15.1 Å². The second-order valence-electron chi connectivity index (χ2n) is 5.79. The number of amides is 1. The summed E-state index contributed by atoms with van der Waals surface area (Å²) in [6.07, 6.45) is 1.28. The van der Waals surface area contributed by atoms with E-state index in [2.05, 4.69) is 10.8 Å². The van der Waals surface area contributed by atoms with Crippen LogP contribution in [0.5, 0.6) is 11.5 Å². The fraction of sp³-hybridized carbons (Fsp3) is 0.167. The van der Waals surface area contributed by atoms with E-state index in [0.29, 0.717) is 41.5 Å². The maximum absolute atomic E-state index is 12.3. The third-order valence-corrected chi connectivity index (χ3v) is 4.26. The van der Waals surface area contributed by atoms with Crippen molar-refractivity contribution in [2.24, 2.45) is 0 Å². The molecule has 0 radical (unpaired) electrons. The lowest BCUT2D eigenvalue weighted by Gasteiger charge is -2.21. The minimum atomic E-state index is -1.89. The molecule has 2 aromatic carbocycles. The van der Waals surface area contributed by atoms with Gasteiger partial charge in [-0.3, -0.25) is 15.5 Å². The predicted molar refractivity (Wildman–Crippen MR) is 89.3 cm³/mol. The molecule has 7 nitrogen and oxygen atoms in total. The van der Waals surface area contributed by atoms with Crippen LogP contribution in [0.15, 0.2) is 48.5 Å². The van der Waals surface area contributed by atoms with Gasteiger partial charge in [0, 0.05) is 16.8 Å². The van der Waals surface area contributed by atoms with E-state index in [4.69, 9.17) is 9.47 Å². The van der Waals surface area contributed by atoms with E-state index in [1.807, 2.05) is 0 Å². The lowest BCUT2D eigenvalue weighted by molar-refractivity contribution is -0.129. The summed E-state index contributed by atoms with van der Waals surface area (Å²) in [7, 11) is 0. The van der Waals surface area contributed by atoms with Crippen LogP contribution in [0.1, 0.15) is 11.1 Å². The number of carbonyl (C=O) groups excluding carboxylic acids is 1. The molecule has 0 spiro atoms. The highest BCUT2D eigenvalue weighted by Crippen LogP contribution is 2.39. The average molecular weight is 340 g/mol. The molecule has 0 aromatic heterocycles. The van der Waals surface area contributed by atoms with E-state index in [1.54, 1.807) is 42.5 Å². The Morgan fingerprint density at radius 2 is 1.92 bits per heavy atom.